The Kier molecular flexibility index (Phi) is 5.00. The van der Waals surface area contributed by atoms with Crippen LogP contribution in [0.4, 0.5) is 4.79 Å². The second kappa shape index (κ2) is 6.77. The Balaban J connectivity index is 1.91. The van der Waals surface area contributed by atoms with Gasteiger partial charge in [0.15, 0.2) is 0 Å². The number of likely N-dealkylation sites (tertiary alicyclic amines) is 1. The molecule has 0 spiro atoms. The van der Waals surface area contributed by atoms with Crippen LogP contribution in [0.3, 0.4) is 0 Å². The van der Waals surface area contributed by atoms with Crippen molar-refractivity contribution in [3.8, 4) is 0 Å². The number of pyridine rings is 1. The average molecular weight is 305 g/mol. The van der Waals surface area contributed by atoms with Gasteiger partial charge in [0.25, 0.3) is 5.91 Å². The van der Waals surface area contributed by atoms with Gasteiger partial charge in [-0.2, -0.15) is 0 Å². The van der Waals surface area contributed by atoms with E-state index in [2.05, 4.69) is 10.3 Å². The van der Waals surface area contributed by atoms with Crippen molar-refractivity contribution in [3.63, 3.8) is 0 Å². The molecule has 1 aliphatic heterocycles. The zero-order valence-corrected chi connectivity index (χ0v) is 13.3. The Bertz CT molecular complexity index is 525. The molecular weight excluding hydrogens is 282 g/mol. The lowest BCUT2D eigenvalue weighted by molar-refractivity contribution is 0.0185. The van der Waals surface area contributed by atoms with Crippen molar-refractivity contribution >= 4 is 12.0 Å². The minimum absolute atomic E-state index is 0.0538. The van der Waals surface area contributed by atoms with Crippen LogP contribution in [0.1, 0.15) is 44.0 Å². The smallest absolute Gasteiger partial charge is 0.410 e. The van der Waals surface area contributed by atoms with Crippen LogP contribution in [0.15, 0.2) is 24.5 Å². The molecule has 1 aromatic heterocycles. The molecule has 0 unspecified atom stereocenters. The van der Waals surface area contributed by atoms with E-state index in [9.17, 15) is 9.59 Å². The van der Waals surface area contributed by atoms with Crippen molar-refractivity contribution in [3.05, 3.63) is 30.1 Å². The number of carbonyl (C=O) groups excluding carboxylic acids is 2. The van der Waals surface area contributed by atoms with Crippen LogP contribution in [-0.2, 0) is 4.74 Å². The molecule has 120 valence electrons. The Morgan fingerprint density at radius 3 is 2.64 bits per heavy atom. The van der Waals surface area contributed by atoms with Gasteiger partial charge in [-0.25, -0.2) is 4.79 Å². The van der Waals surface area contributed by atoms with E-state index in [1.807, 2.05) is 20.8 Å². The van der Waals surface area contributed by atoms with E-state index in [1.165, 1.54) is 0 Å². The SMILES string of the molecule is CC(C)(C)OC(=O)N1CCC[C@H](NC(=O)c2ccncc2)C1. The summed E-state index contributed by atoms with van der Waals surface area (Å²) in [7, 11) is 0. The van der Waals surface area contributed by atoms with E-state index in [4.69, 9.17) is 4.74 Å². The highest BCUT2D eigenvalue weighted by molar-refractivity contribution is 5.94. The molecule has 1 aromatic rings. The van der Waals surface area contributed by atoms with Gasteiger partial charge in [0.1, 0.15) is 5.60 Å². The molecule has 1 saturated heterocycles. The van der Waals surface area contributed by atoms with E-state index in [-0.39, 0.29) is 18.0 Å². The fourth-order valence-corrected chi connectivity index (χ4v) is 2.36. The third kappa shape index (κ3) is 4.72. The number of aromatic nitrogens is 1. The number of ether oxygens (including phenoxy) is 1. The number of piperidine rings is 1. The molecule has 0 radical (unpaired) electrons. The Labute approximate surface area is 130 Å². The Morgan fingerprint density at radius 2 is 2.00 bits per heavy atom. The predicted molar refractivity (Wildman–Crippen MR) is 82.5 cm³/mol. The summed E-state index contributed by atoms with van der Waals surface area (Å²) in [6.45, 7) is 6.68. The highest BCUT2D eigenvalue weighted by atomic mass is 16.6. The topological polar surface area (TPSA) is 71.5 Å². The Hall–Kier alpha value is -2.11. The molecule has 0 bridgehead atoms. The molecule has 1 aliphatic rings. The summed E-state index contributed by atoms with van der Waals surface area (Å²) >= 11 is 0. The number of hydrogen-bond donors (Lipinski definition) is 1. The maximum absolute atomic E-state index is 12.1. The van der Waals surface area contributed by atoms with Crippen LogP contribution < -0.4 is 5.32 Å². The van der Waals surface area contributed by atoms with Crippen molar-refractivity contribution in [2.24, 2.45) is 0 Å². The number of rotatable bonds is 2. The van der Waals surface area contributed by atoms with Gasteiger partial charge in [-0.3, -0.25) is 9.78 Å². The lowest BCUT2D eigenvalue weighted by Crippen LogP contribution is -2.50. The number of nitrogens with one attached hydrogen (secondary N) is 1. The van der Waals surface area contributed by atoms with Crippen LogP contribution >= 0.6 is 0 Å². The zero-order chi connectivity index (χ0) is 16.2. The highest BCUT2D eigenvalue weighted by Gasteiger charge is 2.28. The maximum Gasteiger partial charge on any atom is 0.410 e. The largest absolute Gasteiger partial charge is 0.444 e. The van der Waals surface area contributed by atoms with E-state index >= 15 is 0 Å². The highest BCUT2D eigenvalue weighted by Crippen LogP contribution is 2.15. The molecule has 1 fully saturated rings. The molecular formula is C16H23N3O3. The van der Waals surface area contributed by atoms with Crippen molar-refractivity contribution in [2.45, 2.75) is 45.3 Å². The van der Waals surface area contributed by atoms with E-state index in [0.29, 0.717) is 18.7 Å². The van der Waals surface area contributed by atoms with Gasteiger partial charge in [0.05, 0.1) is 0 Å². The van der Waals surface area contributed by atoms with Crippen LogP contribution in [0, 0.1) is 0 Å². The summed E-state index contributed by atoms with van der Waals surface area (Å²) in [6.07, 6.45) is 4.55. The average Bonchev–Trinajstić information content (AvgIpc) is 2.46. The van der Waals surface area contributed by atoms with Crippen LogP contribution in [0.25, 0.3) is 0 Å². The normalized spacial score (nSPS) is 18.7. The summed E-state index contributed by atoms with van der Waals surface area (Å²) in [5.74, 6) is -0.140. The molecule has 0 aromatic carbocycles. The van der Waals surface area contributed by atoms with Crippen LogP contribution in [0.2, 0.25) is 0 Å². The lowest BCUT2D eigenvalue weighted by Gasteiger charge is -2.34. The van der Waals surface area contributed by atoms with E-state index < -0.39 is 5.60 Å². The van der Waals surface area contributed by atoms with Crippen molar-refractivity contribution in [2.75, 3.05) is 13.1 Å². The summed E-state index contributed by atoms with van der Waals surface area (Å²) in [5.41, 5.74) is 0.0639. The number of hydrogen-bond acceptors (Lipinski definition) is 4. The predicted octanol–water partition coefficient (Wildman–Crippen LogP) is 2.21. The Morgan fingerprint density at radius 1 is 1.32 bits per heavy atom. The molecule has 22 heavy (non-hydrogen) atoms. The van der Waals surface area contributed by atoms with Gasteiger partial charge < -0.3 is 15.0 Å². The second-order valence-electron chi connectivity index (χ2n) is 6.47. The summed E-state index contributed by atoms with van der Waals surface area (Å²) in [5, 5.41) is 2.97. The molecule has 0 saturated carbocycles. The molecule has 2 heterocycles. The first-order valence-electron chi connectivity index (χ1n) is 7.54. The van der Waals surface area contributed by atoms with Gasteiger partial charge in [-0.05, 0) is 45.7 Å². The van der Waals surface area contributed by atoms with Crippen LogP contribution in [0.5, 0.6) is 0 Å². The van der Waals surface area contributed by atoms with Crippen molar-refractivity contribution in [1.29, 1.82) is 0 Å². The third-order valence-corrected chi connectivity index (χ3v) is 3.35. The standard InChI is InChI=1S/C16H23N3O3/c1-16(2,3)22-15(21)19-10-4-5-13(11-19)18-14(20)12-6-8-17-9-7-12/h6-9,13H,4-5,10-11H2,1-3H3,(H,18,20)/t13-/m0/s1. The first-order chi connectivity index (χ1) is 10.3. The summed E-state index contributed by atoms with van der Waals surface area (Å²) in [6, 6.07) is 3.29. The molecule has 1 N–H and O–H groups in total. The fraction of sp³-hybridized carbons (Fsp3) is 0.562. The quantitative estimate of drug-likeness (QED) is 0.909. The van der Waals surface area contributed by atoms with Crippen molar-refractivity contribution < 1.29 is 14.3 Å². The molecule has 0 aliphatic carbocycles. The van der Waals surface area contributed by atoms with Gasteiger partial charge in [-0.15, -0.1) is 0 Å². The first kappa shape index (κ1) is 16.3. The number of amides is 2. The molecule has 2 rings (SSSR count). The first-order valence-corrected chi connectivity index (χ1v) is 7.54. The minimum atomic E-state index is -0.510. The van der Waals surface area contributed by atoms with Gasteiger partial charge in [0.2, 0.25) is 0 Å². The second-order valence-corrected chi connectivity index (χ2v) is 6.47. The molecule has 1 atom stereocenters. The summed E-state index contributed by atoms with van der Waals surface area (Å²) in [4.78, 5) is 29.8. The minimum Gasteiger partial charge on any atom is -0.444 e. The zero-order valence-electron chi connectivity index (χ0n) is 13.3. The van der Waals surface area contributed by atoms with E-state index in [0.717, 1.165) is 12.8 Å². The van der Waals surface area contributed by atoms with Gasteiger partial charge in [-0.1, -0.05) is 0 Å². The van der Waals surface area contributed by atoms with Gasteiger partial charge >= 0.3 is 6.09 Å². The fourth-order valence-electron chi connectivity index (χ4n) is 2.36. The van der Waals surface area contributed by atoms with Crippen LogP contribution in [-0.4, -0.2) is 46.6 Å². The monoisotopic (exact) mass is 305 g/mol. The lowest BCUT2D eigenvalue weighted by atomic mass is 10.1. The molecule has 6 heteroatoms. The van der Waals surface area contributed by atoms with Gasteiger partial charge in [0, 0.05) is 37.1 Å². The maximum atomic E-state index is 12.1. The number of carbonyl (C=O) groups is 2. The van der Waals surface area contributed by atoms with Crippen molar-refractivity contribution in [1.82, 2.24) is 15.2 Å². The molecule has 2 amide bonds. The third-order valence-electron chi connectivity index (χ3n) is 3.35. The molecule has 6 nitrogen and oxygen atoms in total. The van der Waals surface area contributed by atoms with E-state index in [1.54, 1.807) is 29.4 Å². The summed E-state index contributed by atoms with van der Waals surface area (Å²) < 4.78 is 5.38. The number of nitrogens with zero attached hydrogens (tertiary/aromatic N) is 2.